The van der Waals surface area contributed by atoms with Gasteiger partial charge in [-0.05, 0) is 12.3 Å². The molecule has 0 heterocycles. The van der Waals surface area contributed by atoms with Crippen LogP contribution in [0.2, 0.25) is 0 Å². The van der Waals surface area contributed by atoms with Crippen LogP contribution in [-0.2, 0) is 9.47 Å². The zero-order chi connectivity index (χ0) is 9.23. The van der Waals surface area contributed by atoms with Gasteiger partial charge < -0.3 is 9.47 Å². The standard InChI is InChI=1S/C9H19ClO2/c1-9(2)8-12-7-6-11-5-3-4-10/h9H,3-8H2,1-2H3. The van der Waals surface area contributed by atoms with E-state index in [9.17, 15) is 0 Å². The first-order chi connectivity index (χ1) is 5.77. The monoisotopic (exact) mass is 194 g/mol. The van der Waals surface area contributed by atoms with Gasteiger partial charge in [-0.25, -0.2) is 0 Å². The van der Waals surface area contributed by atoms with Gasteiger partial charge in [0.1, 0.15) is 0 Å². The van der Waals surface area contributed by atoms with E-state index in [-0.39, 0.29) is 0 Å². The van der Waals surface area contributed by atoms with Crippen LogP contribution in [0.3, 0.4) is 0 Å². The third-order valence-corrected chi connectivity index (χ3v) is 1.51. The van der Waals surface area contributed by atoms with Crippen LogP contribution in [0.5, 0.6) is 0 Å². The second-order valence-corrected chi connectivity index (χ2v) is 3.50. The largest absolute Gasteiger partial charge is 0.379 e. The average Bonchev–Trinajstić information content (AvgIpc) is 2.02. The molecule has 0 amide bonds. The summed E-state index contributed by atoms with van der Waals surface area (Å²) in [6.07, 6.45) is 0.922. The predicted molar refractivity (Wildman–Crippen MR) is 51.8 cm³/mol. The zero-order valence-corrected chi connectivity index (χ0v) is 8.77. The Balaban J connectivity index is 2.82. The lowest BCUT2D eigenvalue weighted by molar-refractivity contribution is 0.0382. The molecule has 0 bridgehead atoms. The van der Waals surface area contributed by atoms with Crippen molar-refractivity contribution in [1.82, 2.24) is 0 Å². The molecule has 0 atom stereocenters. The van der Waals surface area contributed by atoms with E-state index < -0.39 is 0 Å². The van der Waals surface area contributed by atoms with E-state index in [1.54, 1.807) is 0 Å². The molecular formula is C9H19ClO2. The average molecular weight is 195 g/mol. The smallest absolute Gasteiger partial charge is 0.0700 e. The van der Waals surface area contributed by atoms with Crippen LogP contribution >= 0.6 is 11.6 Å². The highest BCUT2D eigenvalue weighted by Gasteiger charge is 1.93. The summed E-state index contributed by atoms with van der Waals surface area (Å²) in [5.74, 6) is 1.28. The van der Waals surface area contributed by atoms with Gasteiger partial charge in [-0.15, -0.1) is 11.6 Å². The summed E-state index contributed by atoms with van der Waals surface area (Å²) in [5.41, 5.74) is 0. The normalized spacial score (nSPS) is 11.0. The molecule has 12 heavy (non-hydrogen) atoms. The predicted octanol–water partition coefficient (Wildman–Crippen LogP) is 2.30. The molecule has 0 aromatic rings. The first kappa shape index (κ1) is 12.2. The number of alkyl halides is 1. The number of hydrogen-bond acceptors (Lipinski definition) is 2. The molecular weight excluding hydrogens is 176 g/mol. The van der Waals surface area contributed by atoms with E-state index in [1.165, 1.54) is 0 Å². The van der Waals surface area contributed by atoms with Crippen molar-refractivity contribution in [2.45, 2.75) is 20.3 Å². The van der Waals surface area contributed by atoms with E-state index >= 15 is 0 Å². The second kappa shape index (κ2) is 9.30. The van der Waals surface area contributed by atoms with Crippen molar-refractivity contribution in [2.75, 3.05) is 32.3 Å². The van der Waals surface area contributed by atoms with E-state index in [0.717, 1.165) is 19.6 Å². The molecule has 0 saturated heterocycles. The molecule has 0 radical (unpaired) electrons. The summed E-state index contributed by atoms with van der Waals surface area (Å²) < 4.78 is 10.6. The van der Waals surface area contributed by atoms with Crippen LogP contribution < -0.4 is 0 Å². The lowest BCUT2D eigenvalue weighted by Crippen LogP contribution is -2.09. The molecule has 0 saturated carbocycles. The van der Waals surface area contributed by atoms with Gasteiger partial charge >= 0.3 is 0 Å². The highest BCUT2D eigenvalue weighted by Crippen LogP contribution is 1.92. The van der Waals surface area contributed by atoms with Crippen molar-refractivity contribution in [3.05, 3.63) is 0 Å². The van der Waals surface area contributed by atoms with Crippen LogP contribution in [0, 0.1) is 5.92 Å². The second-order valence-electron chi connectivity index (χ2n) is 3.12. The van der Waals surface area contributed by atoms with E-state index in [2.05, 4.69) is 13.8 Å². The summed E-state index contributed by atoms with van der Waals surface area (Å²) in [6, 6.07) is 0. The van der Waals surface area contributed by atoms with Crippen LogP contribution in [-0.4, -0.2) is 32.3 Å². The number of ether oxygens (including phenoxy) is 2. The highest BCUT2D eigenvalue weighted by molar-refractivity contribution is 6.17. The molecule has 3 heteroatoms. The maximum absolute atomic E-state index is 5.47. The molecule has 0 rings (SSSR count). The van der Waals surface area contributed by atoms with Crippen molar-refractivity contribution in [1.29, 1.82) is 0 Å². The van der Waals surface area contributed by atoms with Crippen molar-refractivity contribution in [3.8, 4) is 0 Å². The van der Waals surface area contributed by atoms with Gasteiger partial charge in [0.2, 0.25) is 0 Å². The summed E-state index contributed by atoms with van der Waals surface area (Å²) in [4.78, 5) is 0. The van der Waals surface area contributed by atoms with Crippen LogP contribution in [0.15, 0.2) is 0 Å². The van der Waals surface area contributed by atoms with Crippen molar-refractivity contribution < 1.29 is 9.47 Å². The SMILES string of the molecule is CC(C)COCCOCCCCl. The van der Waals surface area contributed by atoms with Gasteiger partial charge in [0.25, 0.3) is 0 Å². The third kappa shape index (κ3) is 10.2. The van der Waals surface area contributed by atoms with Crippen LogP contribution in [0.25, 0.3) is 0 Å². The van der Waals surface area contributed by atoms with Gasteiger partial charge in [0.05, 0.1) is 13.2 Å². The minimum atomic E-state index is 0.604. The van der Waals surface area contributed by atoms with E-state index in [4.69, 9.17) is 21.1 Å². The van der Waals surface area contributed by atoms with E-state index in [1.807, 2.05) is 0 Å². The van der Waals surface area contributed by atoms with Crippen molar-refractivity contribution in [2.24, 2.45) is 5.92 Å². The first-order valence-corrected chi connectivity index (χ1v) is 5.02. The first-order valence-electron chi connectivity index (χ1n) is 4.48. The molecule has 74 valence electrons. The summed E-state index contributed by atoms with van der Waals surface area (Å²) in [5, 5.41) is 0. The van der Waals surface area contributed by atoms with Crippen LogP contribution in [0.4, 0.5) is 0 Å². The fraction of sp³-hybridized carbons (Fsp3) is 1.00. The number of rotatable bonds is 8. The minimum Gasteiger partial charge on any atom is -0.379 e. The number of halogens is 1. The molecule has 0 spiro atoms. The van der Waals surface area contributed by atoms with Crippen molar-refractivity contribution >= 4 is 11.6 Å². The van der Waals surface area contributed by atoms with Crippen molar-refractivity contribution in [3.63, 3.8) is 0 Å². The van der Waals surface area contributed by atoms with Gasteiger partial charge in [-0.3, -0.25) is 0 Å². The van der Waals surface area contributed by atoms with Gasteiger partial charge in [0, 0.05) is 19.1 Å². The molecule has 0 aliphatic heterocycles. The fourth-order valence-electron chi connectivity index (χ4n) is 0.696. The Bertz CT molecular complexity index is 86.6. The molecule has 0 aromatic carbocycles. The molecule has 0 unspecified atom stereocenters. The fourth-order valence-corrected chi connectivity index (χ4v) is 0.805. The molecule has 0 aliphatic rings. The minimum absolute atomic E-state index is 0.604. The third-order valence-electron chi connectivity index (χ3n) is 1.25. The molecule has 0 aromatic heterocycles. The summed E-state index contributed by atoms with van der Waals surface area (Å²) >= 11 is 5.47. The maximum atomic E-state index is 5.47. The molecule has 2 nitrogen and oxygen atoms in total. The Hall–Kier alpha value is 0.210. The van der Waals surface area contributed by atoms with E-state index in [0.29, 0.717) is 25.0 Å². The molecule has 0 aliphatic carbocycles. The Morgan fingerprint density at radius 3 is 2.33 bits per heavy atom. The lowest BCUT2D eigenvalue weighted by Gasteiger charge is -2.06. The molecule has 0 N–H and O–H groups in total. The highest BCUT2D eigenvalue weighted by atomic mass is 35.5. The topological polar surface area (TPSA) is 18.5 Å². The Morgan fingerprint density at radius 1 is 1.08 bits per heavy atom. The zero-order valence-electron chi connectivity index (χ0n) is 8.01. The Morgan fingerprint density at radius 2 is 1.75 bits per heavy atom. The van der Waals surface area contributed by atoms with Gasteiger partial charge in [-0.2, -0.15) is 0 Å². The lowest BCUT2D eigenvalue weighted by atomic mass is 10.2. The Labute approximate surface area is 80.2 Å². The Kier molecular flexibility index (Phi) is 9.46. The quantitative estimate of drug-likeness (QED) is 0.436. The summed E-state index contributed by atoms with van der Waals surface area (Å²) in [6.45, 7) is 7.21. The maximum Gasteiger partial charge on any atom is 0.0700 e. The number of hydrogen-bond donors (Lipinski definition) is 0. The molecule has 0 fully saturated rings. The van der Waals surface area contributed by atoms with Crippen LogP contribution in [0.1, 0.15) is 20.3 Å². The summed E-state index contributed by atoms with van der Waals surface area (Å²) in [7, 11) is 0. The van der Waals surface area contributed by atoms with Gasteiger partial charge in [0.15, 0.2) is 0 Å². The van der Waals surface area contributed by atoms with Gasteiger partial charge in [-0.1, -0.05) is 13.8 Å².